The molecule has 0 saturated heterocycles. The van der Waals surface area contributed by atoms with Crippen LogP contribution in [0.3, 0.4) is 0 Å². The van der Waals surface area contributed by atoms with Gasteiger partial charge < -0.3 is 14.1 Å². The van der Waals surface area contributed by atoms with E-state index in [9.17, 15) is 18.3 Å². The predicted octanol–water partition coefficient (Wildman–Crippen LogP) is 7.40. The van der Waals surface area contributed by atoms with Gasteiger partial charge in [-0.1, -0.05) is 41.5 Å². The summed E-state index contributed by atoms with van der Waals surface area (Å²) in [6.07, 6.45) is 5.43. The van der Waals surface area contributed by atoms with E-state index in [1.807, 2.05) is 13.1 Å². The van der Waals surface area contributed by atoms with E-state index < -0.39 is 36.1 Å². The van der Waals surface area contributed by atoms with Crippen LogP contribution in [0.2, 0.25) is 16.6 Å². The number of hydrogen-bond acceptors (Lipinski definition) is 6. The summed E-state index contributed by atoms with van der Waals surface area (Å²) in [6, 6.07) is 2.15. The van der Waals surface area contributed by atoms with Gasteiger partial charge in [-0.2, -0.15) is 0 Å². The van der Waals surface area contributed by atoms with Crippen LogP contribution in [0.15, 0.2) is 18.5 Å². The lowest BCUT2D eigenvalue weighted by Crippen LogP contribution is -2.51. The topological polar surface area (TPSA) is 102 Å². The molecular formula is C31H53N3O5SSi. The van der Waals surface area contributed by atoms with E-state index in [2.05, 4.69) is 58.0 Å². The largest absolute Gasteiger partial charge is 0.443 e. The third-order valence-electron chi connectivity index (χ3n) is 9.29. The molecule has 1 N–H and O–H groups in total. The normalized spacial score (nSPS) is 19.8. The Bertz CT molecular complexity index is 1300. The Morgan fingerprint density at radius 3 is 2.12 bits per heavy atom. The highest BCUT2D eigenvalue weighted by molar-refractivity contribution is 7.89. The standard InChI is InChI=1S/C31H53N3O5SSi/c1-20(2)41(21(3)4,22(5)6)34-17-16-26-27(23(7)18-32-29(26)34)28(35)25-14-12-24(13-15-25)19-40(37,38)33(11)30(36)39-31(8,9)10/h16-18,20-22,24-25,28,35H,12-15,19H2,1-11H3. The van der Waals surface area contributed by atoms with Crippen LogP contribution >= 0.6 is 0 Å². The van der Waals surface area contributed by atoms with Crippen molar-refractivity contribution in [3.8, 4) is 0 Å². The number of hydrogen-bond donors (Lipinski definition) is 1. The molecule has 3 rings (SSSR count). The van der Waals surface area contributed by atoms with Crippen LogP contribution in [0.1, 0.15) is 105 Å². The van der Waals surface area contributed by atoms with Gasteiger partial charge in [0, 0.05) is 18.6 Å². The number of carbonyl (C=O) groups is 1. The molecule has 2 aromatic heterocycles. The Morgan fingerprint density at radius 1 is 1.10 bits per heavy atom. The van der Waals surface area contributed by atoms with Gasteiger partial charge in [0.1, 0.15) is 11.2 Å². The van der Waals surface area contributed by atoms with Gasteiger partial charge in [0.2, 0.25) is 10.0 Å². The summed E-state index contributed by atoms with van der Waals surface area (Å²) in [4.78, 5) is 17.3. The van der Waals surface area contributed by atoms with Gasteiger partial charge in [0.15, 0.2) is 8.24 Å². The number of amides is 1. The molecule has 1 saturated carbocycles. The first-order valence-electron chi connectivity index (χ1n) is 15.2. The lowest BCUT2D eigenvalue weighted by atomic mass is 9.77. The van der Waals surface area contributed by atoms with Gasteiger partial charge in [-0.3, -0.25) is 0 Å². The van der Waals surface area contributed by atoms with E-state index >= 15 is 0 Å². The number of ether oxygens (including phenoxy) is 1. The molecule has 10 heteroatoms. The van der Waals surface area contributed by atoms with Crippen molar-refractivity contribution < 1.29 is 23.1 Å². The number of aliphatic hydroxyl groups excluding tert-OH is 1. The van der Waals surface area contributed by atoms with Crippen LogP contribution in [0.4, 0.5) is 4.79 Å². The van der Waals surface area contributed by atoms with E-state index in [4.69, 9.17) is 9.72 Å². The summed E-state index contributed by atoms with van der Waals surface area (Å²) < 4.78 is 34.4. The van der Waals surface area contributed by atoms with Crippen molar-refractivity contribution in [2.75, 3.05) is 12.8 Å². The number of aryl methyl sites for hydroxylation is 1. The summed E-state index contributed by atoms with van der Waals surface area (Å²) in [7, 11) is -4.55. The van der Waals surface area contributed by atoms with Gasteiger partial charge >= 0.3 is 6.09 Å². The van der Waals surface area contributed by atoms with Crippen LogP contribution in [0.25, 0.3) is 11.0 Å². The van der Waals surface area contributed by atoms with E-state index in [1.54, 1.807) is 20.8 Å². The fourth-order valence-corrected chi connectivity index (χ4v) is 15.5. The predicted molar refractivity (Wildman–Crippen MR) is 169 cm³/mol. The lowest BCUT2D eigenvalue weighted by molar-refractivity contribution is 0.0419. The molecule has 0 bridgehead atoms. The highest BCUT2D eigenvalue weighted by Gasteiger charge is 2.46. The molecule has 1 atom stereocenters. The number of pyridine rings is 1. The molecule has 41 heavy (non-hydrogen) atoms. The van der Waals surface area contributed by atoms with Crippen LogP contribution in [0, 0.1) is 18.8 Å². The Morgan fingerprint density at radius 2 is 1.63 bits per heavy atom. The minimum atomic E-state index is -3.80. The van der Waals surface area contributed by atoms with Gasteiger partial charge in [0.25, 0.3) is 0 Å². The molecule has 0 aliphatic heterocycles. The number of aliphatic hydroxyl groups is 1. The number of carbonyl (C=O) groups excluding carboxylic acids is 1. The molecule has 2 heterocycles. The first-order chi connectivity index (χ1) is 18.8. The zero-order valence-electron chi connectivity index (χ0n) is 27.1. The summed E-state index contributed by atoms with van der Waals surface area (Å²) >= 11 is 0. The van der Waals surface area contributed by atoms with Crippen molar-refractivity contribution >= 4 is 35.4 Å². The van der Waals surface area contributed by atoms with E-state index in [0.29, 0.717) is 29.5 Å². The van der Waals surface area contributed by atoms with Gasteiger partial charge in [0.05, 0.1) is 11.9 Å². The molecule has 232 valence electrons. The molecule has 2 aromatic rings. The molecule has 0 aromatic carbocycles. The molecule has 1 fully saturated rings. The highest BCUT2D eigenvalue weighted by Crippen LogP contribution is 2.46. The molecule has 0 spiro atoms. The number of nitrogens with zero attached hydrogens (tertiary/aromatic N) is 3. The number of aromatic nitrogens is 2. The van der Waals surface area contributed by atoms with Gasteiger partial charge in [-0.05, 0) is 105 Å². The van der Waals surface area contributed by atoms with Crippen molar-refractivity contribution in [2.45, 2.75) is 123 Å². The van der Waals surface area contributed by atoms with Crippen molar-refractivity contribution in [1.82, 2.24) is 13.5 Å². The second kappa shape index (κ2) is 12.4. The molecule has 8 nitrogen and oxygen atoms in total. The van der Waals surface area contributed by atoms with Crippen LogP contribution in [-0.4, -0.2) is 59.8 Å². The molecule has 1 unspecified atom stereocenters. The molecule has 1 amide bonds. The summed E-state index contributed by atoms with van der Waals surface area (Å²) in [5, 5.41) is 12.8. The maximum Gasteiger partial charge on any atom is 0.423 e. The van der Waals surface area contributed by atoms with Gasteiger partial charge in [-0.25, -0.2) is 22.5 Å². The molecule has 1 aliphatic carbocycles. The highest BCUT2D eigenvalue weighted by atomic mass is 32.2. The van der Waals surface area contributed by atoms with Crippen molar-refractivity contribution in [3.63, 3.8) is 0 Å². The Hall–Kier alpha value is -1.91. The zero-order valence-corrected chi connectivity index (χ0v) is 28.9. The second-order valence-electron chi connectivity index (χ2n) is 14.1. The third kappa shape index (κ3) is 6.69. The van der Waals surface area contributed by atoms with Crippen molar-refractivity contribution in [1.29, 1.82) is 0 Å². The Labute approximate surface area is 249 Å². The van der Waals surface area contributed by atoms with Crippen LogP contribution in [-0.2, 0) is 14.8 Å². The monoisotopic (exact) mass is 607 g/mol. The third-order valence-corrected chi connectivity index (χ3v) is 17.9. The smallest absolute Gasteiger partial charge is 0.423 e. The maximum atomic E-state index is 13.0. The number of fused-ring (bicyclic) bond motifs is 1. The van der Waals surface area contributed by atoms with Gasteiger partial charge in [-0.15, -0.1) is 0 Å². The Kier molecular flexibility index (Phi) is 10.1. The van der Waals surface area contributed by atoms with Crippen molar-refractivity contribution in [3.05, 3.63) is 29.6 Å². The average Bonchev–Trinajstić information content (AvgIpc) is 3.26. The molecular weight excluding hydrogens is 555 g/mol. The first kappa shape index (κ1) is 33.6. The summed E-state index contributed by atoms with van der Waals surface area (Å²) in [5.74, 6) is -0.130. The second-order valence-corrected chi connectivity index (χ2v) is 21.8. The first-order valence-corrected chi connectivity index (χ1v) is 19.0. The van der Waals surface area contributed by atoms with Crippen molar-refractivity contribution in [2.24, 2.45) is 11.8 Å². The molecule has 1 aliphatic rings. The average molecular weight is 608 g/mol. The van der Waals surface area contributed by atoms with Crippen LogP contribution < -0.4 is 0 Å². The number of rotatable bonds is 9. The zero-order chi connectivity index (χ0) is 31.1. The minimum absolute atomic E-state index is 0.0347. The maximum absolute atomic E-state index is 13.0. The summed E-state index contributed by atoms with van der Waals surface area (Å²) in [6.45, 7) is 21.2. The molecule has 0 radical (unpaired) electrons. The van der Waals surface area contributed by atoms with E-state index in [1.165, 1.54) is 7.05 Å². The number of sulfonamides is 1. The fraction of sp³-hybridized carbons (Fsp3) is 0.742. The van der Waals surface area contributed by atoms with Crippen LogP contribution in [0.5, 0.6) is 0 Å². The fourth-order valence-electron chi connectivity index (χ4n) is 7.50. The van der Waals surface area contributed by atoms with E-state index in [-0.39, 0.29) is 17.6 Å². The summed E-state index contributed by atoms with van der Waals surface area (Å²) in [5.41, 5.74) is 3.71. The quantitative estimate of drug-likeness (QED) is 0.298. The minimum Gasteiger partial charge on any atom is -0.443 e. The van der Waals surface area contributed by atoms with E-state index in [0.717, 1.165) is 39.3 Å². The Balaban J connectivity index is 1.81. The lowest BCUT2D eigenvalue weighted by Gasteiger charge is -2.44. The SMILES string of the molecule is Cc1cnc2c(ccn2[Si](C(C)C)(C(C)C)C(C)C)c1C(O)C1CCC(CS(=O)(=O)N(C)C(=O)OC(C)(C)C)CC1.